The van der Waals surface area contributed by atoms with Crippen LogP contribution in [0.1, 0.15) is 42.7 Å². The molecule has 3 aromatic carbocycles. The summed E-state index contributed by atoms with van der Waals surface area (Å²) in [5, 5.41) is 13.4. The Bertz CT molecular complexity index is 1900. The number of thioether (sulfide) groups is 1. The number of rotatable bonds is 6. The van der Waals surface area contributed by atoms with Gasteiger partial charge in [-0.3, -0.25) is 33.9 Å². The maximum absolute atomic E-state index is 14.1. The van der Waals surface area contributed by atoms with Crippen LogP contribution in [0.25, 0.3) is 0 Å². The van der Waals surface area contributed by atoms with E-state index in [4.69, 9.17) is 0 Å². The fraction of sp³-hybridized carbons (Fsp3) is 0.250. The van der Waals surface area contributed by atoms with Crippen molar-refractivity contribution in [3.63, 3.8) is 0 Å². The number of fused-ring (bicyclic) bond motifs is 2. The summed E-state index contributed by atoms with van der Waals surface area (Å²) in [7, 11) is 0. The molecule has 2 aliphatic rings. The number of aromatic nitrogens is 1. The van der Waals surface area contributed by atoms with Gasteiger partial charge in [0.05, 0.1) is 21.6 Å². The Kier molecular flexibility index (Phi) is 7.69. The molecule has 1 saturated heterocycles. The number of hydrogen-bond donors (Lipinski definition) is 1. The van der Waals surface area contributed by atoms with Crippen LogP contribution in [-0.2, 0) is 26.3 Å². The number of nitrogens with one attached hydrogen (secondary N) is 1. The minimum absolute atomic E-state index is 0.132. The summed E-state index contributed by atoms with van der Waals surface area (Å²) in [4.78, 5) is 66.2. The number of anilines is 2. The number of thiazole rings is 1. The summed E-state index contributed by atoms with van der Waals surface area (Å²) < 4.78 is 14.6. The van der Waals surface area contributed by atoms with E-state index in [2.05, 4.69) is 26.1 Å². The van der Waals surface area contributed by atoms with E-state index >= 15 is 0 Å². The number of carbonyl (C=O) groups excluding carboxylic acids is 3. The largest absolute Gasteiger partial charge is 0.325 e. The molecule has 0 aliphatic carbocycles. The van der Waals surface area contributed by atoms with Gasteiger partial charge >= 0.3 is 4.87 Å². The number of halogens is 1. The fourth-order valence-electron chi connectivity index (χ4n) is 5.66. The van der Waals surface area contributed by atoms with Crippen LogP contribution in [0, 0.1) is 21.8 Å². The smallest absolute Gasteiger partial charge is 0.308 e. The highest BCUT2D eigenvalue weighted by Gasteiger charge is 2.56. The molecule has 0 spiro atoms. The van der Waals surface area contributed by atoms with Crippen LogP contribution in [0.2, 0.25) is 0 Å². The number of carbonyl (C=O) groups is 3. The van der Waals surface area contributed by atoms with Crippen LogP contribution in [0.3, 0.4) is 0 Å². The van der Waals surface area contributed by atoms with Crippen molar-refractivity contribution in [2.45, 2.75) is 48.9 Å². The van der Waals surface area contributed by atoms with E-state index in [1.807, 2.05) is 24.3 Å². The molecule has 0 bridgehead atoms. The summed E-state index contributed by atoms with van der Waals surface area (Å²) in [6, 6.07) is 18.2. The van der Waals surface area contributed by atoms with Gasteiger partial charge in [-0.25, -0.2) is 9.29 Å². The average Bonchev–Trinajstić information content (AvgIpc) is 3.44. The van der Waals surface area contributed by atoms with Gasteiger partial charge in [-0.1, -0.05) is 68.1 Å². The van der Waals surface area contributed by atoms with Crippen LogP contribution in [-0.4, -0.2) is 32.5 Å². The van der Waals surface area contributed by atoms with Crippen molar-refractivity contribution in [1.29, 1.82) is 0 Å². The van der Waals surface area contributed by atoms with Crippen molar-refractivity contribution >= 4 is 57.9 Å². The first-order valence-corrected chi connectivity index (χ1v) is 15.7. The van der Waals surface area contributed by atoms with E-state index < -0.39 is 50.4 Å². The third-order valence-electron chi connectivity index (χ3n) is 7.93. The number of nitro benzene ring substituents is 1. The molecule has 4 aromatic rings. The maximum Gasteiger partial charge on any atom is 0.308 e. The average molecular weight is 647 g/mol. The molecule has 3 heterocycles. The monoisotopic (exact) mass is 646 g/mol. The van der Waals surface area contributed by atoms with Gasteiger partial charge in [0.1, 0.15) is 17.6 Å². The lowest BCUT2D eigenvalue weighted by Crippen LogP contribution is -2.33. The molecule has 0 saturated carbocycles. The zero-order valence-corrected chi connectivity index (χ0v) is 26.0. The Morgan fingerprint density at radius 2 is 1.60 bits per heavy atom. The second-order valence-electron chi connectivity index (χ2n) is 11.9. The highest BCUT2D eigenvalue weighted by molar-refractivity contribution is 8.00. The molecule has 230 valence electrons. The Morgan fingerprint density at radius 1 is 0.956 bits per heavy atom. The molecule has 2 aliphatic heterocycles. The van der Waals surface area contributed by atoms with Crippen molar-refractivity contribution in [2.24, 2.45) is 5.92 Å². The lowest BCUT2D eigenvalue weighted by molar-refractivity contribution is -0.384. The molecule has 1 fully saturated rings. The van der Waals surface area contributed by atoms with E-state index in [1.165, 1.54) is 53.1 Å². The quantitative estimate of drug-likeness (QED) is 0.162. The number of amides is 3. The standard InChI is InChI=1S/C32H27FN4O6S2/c1-32(2,3)18-6-4-17(5-7-18)24-25-26(29(40)36(28(25)39)21-12-14-22(15-13-21)37(42)43)44-30-27(24)45-31(41)35(30)16-23(38)34-20-10-8-19(33)9-11-20/h4-15,24-26H,16H2,1-3H3,(H,34,38)/t24-,25?,26?/m1/s1. The Morgan fingerprint density at radius 3 is 2.20 bits per heavy atom. The summed E-state index contributed by atoms with van der Waals surface area (Å²) in [6.45, 7) is 5.89. The lowest BCUT2D eigenvalue weighted by atomic mass is 9.81. The van der Waals surface area contributed by atoms with Crippen molar-refractivity contribution < 1.29 is 23.7 Å². The molecule has 13 heteroatoms. The van der Waals surface area contributed by atoms with Gasteiger partial charge in [0.2, 0.25) is 17.7 Å². The first-order chi connectivity index (χ1) is 21.3. The molecule has 6 rings (SSSR count). The second-order valence-corrected chi connectivity index (χ2v) is 14.0. The Labute approximate surface area is 265 Å². The maximum atomic E-state index is 14.1. The molecule has 10 nitrogen and oxygen atoms in total. The molecule has 1 N–H and O–H groups in total. The highest BCUT2D eigenvalue weighted by atomic mass is 32.2. The van der Waals surface area contributed by atoms with E-state index in [1.54, 1.807) is 0 Å². The van der Waals surface area contributed by atoms with Crippen LogP contribution in [0.5, 0.6) is 0 Å². The summed E-state index contributed by atoms with van der Waals surface area (Å²) in [5.41, 5.74) is 2.08. The van der Waals surface area contributed by atoms with Gasteiger partial charge in [-0.2, -0.15) is 0 Å². The predicted octanol–water partition coefficient (Wildman–Crippen LogP) is 5.69. The zero-order valence-electron chi connectivity index (χ0n) is 24.4. The number of imide groups is 1. The SMILES string of the molecule is CC(C)(C)c1ccc([C@H]2c3sc(=O)n(CC(=O)Nc4ccc(F)cc4)c3SC3C(=O)N(c4ccc([N+](=O)[O-])cc4)C(=O)C32)cc1. The molecule has 3 amide bonds. The van der Waals surface area contributed by atoms with Crippen molar-refractivity contribution in [1.82, 2.24) is 4.57 Å². The predicted molar refractivity (Wildman–Crippen MR) is 169 cm³/mol. The van der Waals surface area contributed by atoms with E-state index in [-0.39, 0.29) is 23.3 Å². The zero-order chi connectivity index (χ0) is 32.2. The van der Waals surface area contributed by atoms with Gasteiger partial charge in [-0.15, -0.1) is 0 Å². The van der Waals surface area contributed by atoms with Crippen LogP contribution in [0.4, 0.5) is 21.5 Å². The molecule has 0 radical (unpaired) electrons. The van der Waals surface area contributed by atoms with E-state index in [9.17, 15) is 33.7 Å². The van der Waals surface area contributed by atoms with Gasteiger partial charge in [0.25, 0.3) is 5.69 Å². The second kappa shape index (κ2) is 11.4. The van der Waals surface area contributed by atoms with E-state index in [0.717, 1.165) is 39.1 Å². The Hall–Kier alpha value is -4.62. The minimum Gasteiger partial charge on any atom is -0.325 e. The molecular formula is C32H27FN4O6S2. The first-order valence-electron chi connectivity index (χ1n) is 14.0. The molecule has 2 unspecified atom stereocenters. The first kappa shape index (κ1) is 30.4. The van der Waals surface area contributed by atoms with Crippen molar-refractivity contribution in [2.75, 3.05) is 10.2 Å². The number of nitrogens with zero attached hydrogens (tertiary/aromatic N) is 3. The normalized spacial score (nSPS) is 19.3. The molecule has 1 aromatic heterocycles. The molecular weight excluding hydrogens is 620 g/mol. The number of nitro groups is 1. The minimum atomic E-state index is -0.909. The van der Waals surface area contributed by atoms with Gasteiger partial charge in [0.15, 0.2) is 0 Å². The van der Waals surface area contributed by atoms with Gasteiger partial charge < -0.3 is 5.32 Å². The lowest BCUT2D eigenvalue weighted by Gasteiger charge is -2.31. The summed E-state index contributed by atoms with van der Waals surface area (Å²) >= 11 is 2.01. The van der Waals surface area contributed by atoms with Crippen LogP contribution >= 0.6 is 23.1 Å². The van der Waals surface area contributed by atoms with Crippen LogP contribution in [0.15, 0.2) is 82.6 Å². The number of benzene rings is 3. The van der Waals surface area contributed by atoms with Crippen molar-refractivity contribution in [3.05, 3.63) is 114 Å². The molecule has 3 atom stereocenters. The fourth-order valence-corrected chi connectivity index (χ4v) is 8.43. The third kappa shape index (κ3) is 5.57. The summed E-state index contributed by atoms with van der Waals surface area (Å²) in [5.74, 6) is -3.46. The molecule has 45 heavy (non-hydrogen) atoms. The van der Waals surface area contributed by atoms with Crippen molar-refractivity contribution in [3.8, 4) is 0 Å². The highest BCUT2D eigenvalue weighted by Crippen LogP contribution is 2.54. The third-order valence-corrected chi connectivity index (χ3v) is 10.5. The van der Waals surface area contributed by atoms with Crippen LogP contribution < -0.4 is 15.1 Å². The number of non-ortho nitro benzene ring substituents is 1. The number of hydrogen-bond acceptors (Lipinski definition) is 8. The topological polar surface area (TPSA) is 132 Å². The summed E-state index contributed by atoms with van der Waals surface area (Å²) in [6.07, 6.45) is 0. The van der Waals surface area contributed by atoms with Gasteiger partial charge in [-0.05, 0) is 52.9 Å². The van der Waals surface area contributed by atoms with Gasteiger partial charge in [0, 0.05) is 28.6 Å². The van der Waals surface area contributed by atoms with E-state index in [0.29, 0.717) is 15.6 Å². The Balaban J connectivity index is 1.41.